The fourth-order valence-electron chi connectivity index (χ4n) is 0.625. The first-order valence-corrected chi connectivity index (χ1v) is 2.91. The van der Waals surface area contributed by atoms with Gasteiger partial charge < -0.3 is 10.4 Å². The van der Waals surface area contributed by atoms with Gasteiger partial charge in [-0.1, -0.05) is 13.8 Å². The third-order valence-electron chi connectivity index (χ3n) is 1.21. The van der Waals surface area contributed by atoms with E-state index in [0.29, 0.717) is 5.41 Å². The smallest absolute Gasteiger partial charge is 0.290 e. The predicted molar refractivity (Wildman–Crippen MR) is 35.3 cm³/mol. The number of carbonyl (C=O) groups is 1. The van der Waals surface area contributed by atoms with Gasteiger partial charge in [0, 0.05) is 13.1 Å². The summed E-state index contributed by atoms with van der Waals surface area (Å²) in [7, 11) is 0. The van der Waals surface area contributed by atoms with Gasteiger partial charge in [-0.15, -0.1) is 0 Å². The molecule has 3 nitrogen and oxygen atoms in total. The van der Waals surface area contributed by atoms with Crippen molar-refractivity contribution in [2.75, 3.05) is 13.1 Å². The highest BCUT2D eigenvalue weighted by Crippen LogP contribution is 2.18. The Labute approximate surface area is 55.1 Å². The number of hydrogen-bond acceptors (Lipinski definition) is 2. The van der Waals surface area contributed by atoms with Crippen LogP contribution in [0.5, 0.6) is 0 Å². The Balaban J connectivity index is 0.000000187. The fourth-order valence-corrected chi connectivity index (χ4v) is 0.625. The average Bonchev–Trinajstić information content (AvgIpc) is 1.65. The number of hydrogen-bond donors (Lipinski definition) is 2. The summed E-state index contributed by atoms with van der Waals surface area (Å²) in [6.07, 6.45) is 0. The maximum Gasteiger partial charge on any atom is 0.290 e. The highest BCUT2D eigenvalue weighted by molar-refractivity contribution is 5.32. The lowest BCUT2D eigenvalue weighted by atomic mass is 9.87. The molecular formula is C6H13NO2. The second-order valence-corrected chi connectivity index (χ2v) is 2.87. The molecule has 1 aliphatic heterocycles. The maximum absolute atomic E-state index is 8.36. The fraction of sp³-hybridized carbons (Fsp3) is 0.833. The summed E-state index contributed by atoms with van der Waals surface area (Å²) in [5.74, 6) is 0. The van der Waals surface area contributed by atoms with E-state index >= 15 is 0 Å². The molecule has 1 fully saturated rings. The minimum Gasteiger partial charge on any atom is -0.483 e. The number of nitrogens with one attached hydrogen (secondary N) is 1. The van der Waals surface area contributed by atoms with E-state index in [4.69, 9.17) is 9.90 Å². The molecule has 0 aromatic carbocycles. The molecule has 2 N–H and O–H groups in total. The number of rotatable bonds is 0. The standard InChI is InChI=1S/C5H11N.CH2O2/c1-5(2)3-6-4-5;2-1-3/h6H,3-4H2,1-2H3;1H,(H,2,3). The quantitative estimate of drug-likeness (QED) is 0.465. The Morgan fingerprint density at radius 2 is 1.78 bits per heavy atom. The van der Waals surface area contributed by atoms with Gasteiger partial charge in [-0.05, 0) is 5.41 Å². The Bertz CT molecular complexity index is 85.1. The van der Waals surface area contributed by atoms with E-state index < -0.39 is 0 Å². The third kappa shape index (κ3) is 3.97. The topological polar surface area (TPSA) is 49.3 Å². The first-order chi connectivity index (χ1) is 4.12. The van der Waals surface area contributed by atoms with Crippen molar-refractivity contribution in [1.29, 1.82) is 0 Å². The van der Waals surface area contributed by atoms with Crippen LogP contribution in [0.4, 0.5) is 0 Å². The molecule has 0 aromatic heterocycles. The van der Waals surface area contributed by atoms with Crippen LogP contribution in [0.2, 0.25) is 0 Å². The van der Waals surface area contributed by atoms with Crippen LogP contribution in [0.25, 0.3) is 0 Å². The van der Waals surface area contributed by atoms with Crippen LogP contribution in [0.3, 0.4) is 0 Å². The molecule has 0 atom stereocenters. The third-order valence-corrected chi connectivity index (χ3v) is 1.21. The second-order valence-electron chi connectivity index (χ2n) is 2.87. The van der Waals surface area contributed by atoms with Gasteiger partial charge in [-0.2, -0.15) is 0 Å². The van der Waals surface area contributed by atoms with Gasteiger partial charge in [0.15, 0.2) is 0 Å². The van der Waals surface area contributed by atoms with Crippen molar-refractivity contribution in [1.82, 2.24) is 5.32 Å². The Morgan fingerprint density at radius 1 is 1.56 bits per heavy atom. The van der Waals surface area contributed by atoms with Gasteiger partial charge >= 0.3 is 0 Å². The maximum atomic E-state index is 8.36. The average molecular weight is 131 g/mol. The van der Waals surface area contributed by atoms with E-state index in [1.54, 1.807) is 0 Å². The van der Waals surface area contributed by atoms with Crippen LogP contribution in [-0.2, 0) is 4.79 Å². The van der Waals surface area contributed by atoms with Gasteiger partial charge in [-0.25, -0.2) is 0 Å². The summed E-state index contributed by atoms with van der Waals surface area (Å²) >= 11 is 0. The SMILES string of the molecule is CC1(C)CNC1.O=CO. The van der Waals surface area contributed by atoms with Gasteiger partial charge in [-0.3, -0.25) is 4.79 Å². The lowest BCUT2D eigenvalue weighted by molar-refractivity contribution is -0.122. The zero-order valence-electron chi connectivity index (χ0n) is 5.85. The molecule has 9 heavy (non-hydrogen) atoms. The van der Waals surface area contributed by atoms with E-state index in [1.165, 1.54) is 13.1 Å². The first kappa shape index (κ1) is 8.43. The minimum atomic E-state index is -0.250. The summed E-state index contributed by atoms with van der Waals surface area (Å²) in [5.41, 5.74) is 0.611. The lowest BCUT2D eigenvalue weighted by Crippen LogP contribution is -2.49. The summed E-state index contributed by atoms with van der Waals surface area (Å²) < 4.78 is 0. The van der Waals surface area contributed by atoms with Gasteiger partial charge in [0.05, 0.1) is 0 Å². The molecule has 0 aromatic rings. The molecule has 0 bridgehead atoms. The highest BCUT2D eigenvalue weighted by atomic mass is 16.3. The molecule has 0 radical (unpaired) electrons. The van der Waals surface area contributed by atoms with Crippen molar-refractivity contribution in [2.45, 2.75) is 13.8 Å². The molecule has 1 saturated heterocycles. The molecule has 3 heteroatoms. The summed E-state index contributed by atoms with van der Waals surface area (Å²) in [5, 5.41) is 10.1. The summed E-state index contributed by atoms with van der Waals surface area (Å²) in [4.78, 5) is 8.36. The van der Waals surface area contributed by atoms with E-state index in [-0.39, 0.29) is 6.47 Å². The molecule has 0 amide bonds. The van der Waals surface area contributed by atoms with Gasteiger partial charge in [0.1, 0.15) is 0 Å². The second kappa shape index (κ2) is 3.45. The molecule has 1 aliphatic rings. The van der Waals surface area contributed by atoms with Crippen molar-refractivity contribution < 1.29 is 9.90 Å². The Hall–Kier alpha value is -0.570. The molecule has 0 aliphatic carbocycles. The van der Waals surface area contributed by atoms with Crippen LogP contribution < -0.4 is 5.32 Å². The highest BCUT2D eigenvalue weighted by Gasteiger charge is 2.24. The van der Waals surface area contributed by atoms with Crippen LogP contribution in [-0.4, -0.2) is 24.7 Å². The molecular weight excluding hydrogens is 118 g/mol. The Morgan fingerprint density at radius 3 is 1.78 bits per heavy atom. The van der Waals surface area contributed by atoms with Crippen LogP contribution in [0.1, 0.15) is 13.8 Å². The van der Waals surface area contributed by atoms with Crippen molar-refractivity contribution in [3.8, 4) is 0 Å². The summed E-state index contributed by atoms with van der Waals surface area (Å²) in [6.45, 7) is 6.69. The predicted octanol–water partition coefficient (Wildman–Crippen LogP) is 0.317. The molecule has 0 spiro atoms. The minimum absolute atomic E-state index is 0.250. The normalized spacial score (nSPS) is 20.7. The zero-order valence-corrected chi connectivity index (χ0v) is 5.85. The van der Waals surface area contributed by atoms with Crippen molar-refractivity contribution >= 4 is 6.47 Å². The van der Waals surface area contributed by atoms with E-state index in [1.807, 2.05) is 0 Å². The van der Waals surface area contributed by atoms with E-state index in [9.17, 15) is 0 Å². The monoisotopic (exact) mass is 131 g/mol. The Kier molecular flexibility index (Phi) is 3.24. The van der Waals surface area contributed by atoms with E-state index in [2.05, 4.69) is 19.2 Å². The molecule has 0 unspecified atom stereocenters. The molecule has 1 heterocycles. The first-order valence-electron chi connectivity index (χ1n) is 2.91. The zero-order chi connectivity index (χ0) is 7.33. The molecule has 0 saturated carbocycles. The van der Waals surface area contributed by atoms with E-state index in [0.717, 1.165) is 0 Å². The van der Waals surface area contributed by atoms with Crippen molar-refractivity contribution in [2.24, 2.45) is 5.41 Å². The van der Waals surface area contributed by atoms with Crippen LogP contribution in [0, 0.1) is 5.41 Å². The van der Waals surface area contributed by atoms with Gasteiger partial charge in [0.25, 0.3) is 6.47 Å². The largest absolute Gasteiger partial charge is 0.483 e. The molecule has 1 rings (SSSR count). The van der Waals surface area contributed by atoms with Crippen molar-refractivity contribution in [3.63, 3.8) is 0 Å². The molecule has 54 valence electrons. The van der Waals surface area contributed by atoms with Gasteiger partial charge in [0.2, 0.25) is 0 Å². The lowest BCUT2D eigenvalue weighted by Gasteiger charge is -2.35. The number of carboxylic acid groups (broad SMARTS) is 1. The van der Waals surface area contributed by atoms with Crippen LogP contribution in [0.15, 0.2) is 0 Å². The summed E-state index contributed by atoms with van der Waals surface area (Å²) in [6, 6.07) is 0. The van der Waals surface area contributed by atoms with Crippen LogP contribution >= 0.6 is 0 Å². The van der Waals surface area contributed by atoms with Crippen molar-refractivity contribution in [3.05, 3.63) is 0 Å².